The molecule has 3 aliphatic heterocycles. The summed E-state index contributed by atoms with van der Waals surface area (Å²) in [5, 5.41) is 23.4. The van der Waals surface area contributed by atoms with Gasteiger partial charge in [-0.2, -0.15) is 0 Å². The van der Waals surface area contributed by atoms with Gasteiger partial charge in [0.1, 0.15) is 78.3 Å². The van der Waals surface area contributed by atoms with Gasteiger partial charge in [-0.3, -0.25) is 22.7 Å². The van der Waals surface area contributed by atoms with Gasteiger partial charge in [0.05, 0.1) is 51.0 Å². The highest BCUT2D eigenvalue weighted by Gasteiger charge is 2.59. The highest BCUT2D eigenvalue weighted by atomic mass is 32.5. The number of hydrogen-bond donors (Lipinski definition) is 9. The zero-order valence-electron chi connectivity index (χ0n) is 47.5. The van der Waals surface area contributed by atoms with E-state index in [0.29, 0.717) is 38.5 Å². The Labute approximate surface area is 504 Å². The van der Waals surface area contributed by atoms with Crippen LogP contribution in [0, 0.1) is 10.8 Å². The monoisotopic (exact) mass is 1310 g/mol. The fraction of sp³-hybridized carbons (Fsp3) is 0.688. The molecule has 0 aromatic carbocycles. The summed E-state index contributed by atoms with van der Waals surface area (Å²) in [6, 6.07) is 0. The molecule has 0 saturated carbocycles. The topological polar surface area (TPSA) is 423 Å². The minimum absolute atomic E-state index is 0.0781. The number of unbranched alkanes of at least 4 members (excludes halogenated alkanes) is 4. The van der Waals surface area contributed by atoms with Crippen LogP contribution in [0.5, 0.6) is 0 Å². The average molecular weight is 1310 g/mol. The van der Waals surface area contributed by atoms with Crippen LogP contribution in [0.4, 0.5) is 17.5 Å². The van der Waals surface area contributed by atoms with Crippen LogP contribution in [0.3, 0.4) is 0 Å². The second kappa shape index (κ2) is 27.2. The van der Waals surface area contributed by atoms with Gasteiger partial charge in [0.15, 0.2) is 53.1 Å². The molecule has 3 saturated heterocycles. The van der Waals surface area contributed by atoms with Crippen molar-refractivity contribution in [3.05, 3.63) is 38.0 Å². The number of nitrogens with two attached hydrogens (primary N) is 3. The van der Waals surface area contributed by atoms with Crippen molar-refractivity contribution < 1.29 is 76.1 Å². The number of aliphatic hydroxyl groups is 2. The zero-order valence-corrected chi connectivity index (χ0v) is 52.6. The fourth-order valence-electron chi connectivity index (χ4n) is 11.7. The van der Waals surface area contributed by atoms with E-state index in [0.717, 1.165) is 25.7 Å². The molecule has 16 atom stereocenters. The second-order valence-corrected chi connectivity index (χ2v) is 29.9. The van der Waals surface area contributed by atoms with E-state index in [1.54, 1.807) is 4.57 Å². The molecule has 12 N–H and O–H groups in total. The lowest BCUT2D eigenvalue weighted by atomic mass is 9.72. The zero-order chi connectivity index (χ0) is 61.2. The Morgan fingerprint density at radius 3 is 1.48 bits per heavy atom. The van der Waals surface area contributed by atoms with Crippen LogP contribution in [0.1, 0.15) is 111 Å². The smallest absolute Gasteiger partial charge is 0.325 e. The van der Waals surface area contributed by atoms with E-state index in [1.165, 1.54) is 61.3 Å². The van der Waals surface area contributed by atoms with Gasteiger partial charge in [-0.15, -0.1) is 0 Å². The number of imidazole rings is 3. The van der Waals surface area contributed by atoms with Crippen LogP contribution in [-0.2, 0) is 81.7 Å². The molecule has 0 radical (unpaired) electrons. The molecule has 470 valence electrons. The molecule has 37 heteroatoms. The highest BCUT2D eigenvalue weighted by molar-refractivity contribution is 8.07. The third-order valence-corrected chi connectivity index (χ3v) is 19.8. The lowest BCUT2D eigenvalue weighted by Gasteiger charge is -2.41. The summed E-state index contributed by atoms with van der Waals surface area (Å²) in [5.74, 6) is 0.286. The number of aliphatic hydroxyl groups excluding tert-OH is 2. The quantitative estimate of drug-likeness (QED) is 0.0226. The average Bonchev–Trinajstić information content (AvgIpc) is 1.86. The van der Waals surface area contributed by atoms with Crippen molar-refractivity contribution in [3.63, 3.8) is 0 Å². The Morgan fingerprint density at radius 2 is 1.00 bits per heavy atom. The van der Waals surface area contributed by atoms with Crippen molar-refractivity contribution in [3.8, 4) is 0 Å². The molecule has 31 nitrogen and oxygen atoms in total. The van der Waals surface area contributed by atoms with Gasteiger partial charge in [-0.1, -0.05) is 72.6 Å². The number of fused-ring (bicyclic) bond motifs is 3. The SMILES string of the molecule is CCCCCC(C)(COP(O)(=S)OC1C(OC)C(C(CCC)(CCCCC)COP(O)(=S)OC2C(OC)C(COP(O)(O)=S)OC2n2cnc3c(N)ncnc32)OC1n1cnc2c(N)ncnc21)C1OC(n2cnc3c(N)ncnc32)C(O)C1O. The number of methoxy groups -OCH3 is 2. The highest BCUT2D eigenvalue weighted by Crippen LogP contribution is 2.58. The lowest BCUT2D eigenvalue weighted by molar-refractivity contribution is -0.119. The number of hydrogen-bond acceptors (Lipinski definition) is 27. The van der Waals surface area contributed by atoms with Crippen LogP contribution in [0.15, 0.2) is 38.0 Å². The summed E-state index contributed by atoms with van der Waals surface area (Å²) in [6.07, 6.45) is -0.0149. The van der Waals surface area contributed by atoms with Gasteiger partial charge in [0, 0.05) is 25.0 Å². The standard InChI is InChI=1S/C48H74N15O16P3S3/c1-7-10-12-15-47(4,36-30(64)31(65)44(76-36)61-23-58-27-38(49)52-20-55-41(27)61)18-73-81(68,84)79-35-33(71-6)37(77-46(35)63-25-60-29-40(51)54-22-57-43(29)63)48(14-9-3,16-13-11-8-2)19-74-82(69,85)78-34-32(70-5)26(17-72-80(66,67)83)75-45(34)62-24-59-28-39(50)53-21-56-42(28)62/h20-26,30-37,44-46,64-65H,7-19H2,1-6H3,(H,68,84)(H,69,85)(H2,49,52,55)(H2,50,53,56)(H2,51,54,57)(H2,66,67,83). The van der Waals surface area contributed by atoms with Gasteiger partial charge in [0.2, 0.25) is 0 Å². The number of aromatic nitrogens is 12. The Morgan fingerprint density at radius 1 is 0.541 bits per heavy atom. The Kier molecular flexibility index (Phi) is 21.1. The predicted molar refractivity (Wildman–Crippen MR) is 318 cm³/mol. The van der Waals surface area contributed by atoms with E-state index in [2.05, 4.69) is 51.8 Å². The minimum Gasteiger partial charge on any atom is -0.387 e. The van der Waals surface area contributed by atoms with Crippen molar-refractivity contribution >= 4 is 107 Å². The maximum Gasteiger partial charge on any atom is 0.325 e. The molecule has 0 amide bonds. The number of rotatable bonds is 30. The number of ether oxygens (including phenoxy) is 5. The molecular weight excluding hydrogens is 1230 g/mol. The third kappa shape index (κ3) is 14.1. The first-order chi connectivity index (χ1) is 40.4. The van der Waals surface area contributed by atoms with E-state index in [-0.39, 0.29) is 64.2 Å². The van der Waals surface area contributed by atoms with E-state index in [9.17, 15) is 29.8 Å². The summed E-state index contributed by atoms with van der Waals surface area (Å²) < 4.78 is 68.2. The van der Waals surface area contributed by atoms with Crippen molar-refractivity contribution in [2.75, 3.05) is 51.2 Å². The first kappa shape index (κ1) is 65.8. The third-order valence-electron chi connectivity index (χ3n) is 15.9. The Hall–Kier alpha value is -3.64. The summed E-state index contributed by atoms with van der Waals surface area (Å²) in [5.41, 5.74) is 17.9. The Bertz CT molecular complexity index is 3410. The van der Waals surface area contributed by atoms with Crippen LogP contribution < -0.4 is 17.2 Å². The lowest BCUT2D eigenvalue weighted by Crippen LogP contribution is -2.48. The molecule has 85 heavy (non-hydrogen) atoms. The van der Waals surface area contributed by atoms with Crippen LogP contribution >= 0.6 is 20.2 Å². The van der Waals surface area contributed by atoms with Gasteiger partial charge >= 0.3 is 20.2 Å². The number of nitrogen functional groups attached to an aromatic ring is 3. The largest absolute Gasteiger partial charge is 0.387 e. The summed E-state index contributed by atoms with van der Waals surface area (Å²) in [4.78, 5) is 83.5. The first-order valence-electron chi connectivity index (χ1n) is 27.6. The van der Waals surface area contributed by atoms with Crippen molar-refractivity contribution in [2.45, 2.75) is 166 Å². The molecule has 9 rings (SSSR count). The molecule has 16 unspecified atom stereocenters. The molecular formula is C48H74N15O16P3S3. The molecule has 3 aliphatic rings. The van der Waals surface area contributed by atoms with E-state index < -0.39 is 111 Å². The first-order valence-corrected chi connectivity index (χ1v) is 35.4. The minimum atomic E-state index is -4.42. The predicted octanol–water partition coefficient (Wildman–Crippen LogP) is 4.11. The van der Waals surface area contributed by atoms with Crippen molar-refractivity contribution in [1.82, 2.24) is 58.6 Å². The normalized spacial score (nSPS) is 28.5. The van der Waals surface area contributed by atoms with E-state index in [1.807, 2.05) is 20.8 Å². The maximum absolute atomic E-state index is 12.5. The van der Waals surface area contributed by atoms with Crippen LogP contribution in [0.2, 0.25) is 0 Å². The molecule has 3 fully saturated rings. The number of anilines is 3. The molecule has 0 spiro atoms. The molecule has 6 aromatic rings. The van der Waals surface area contributed by atoms with E-state index >= 15 is 0 Å². The van der Waals surface area contributed by atoms with Crippen molar-refractivity contribution in [1.29, 1.82) is 0 Å². The molecule has 0 bridgehead atoms. The maximum atomic E-state index is 12.5. The van der Waals surface area contributed by atoms with Crippen molar-refractivity contribution in [2.24, 2.45) is 10.8 Å². The second-order valence-electron chi connectivity index (χ2n) is 21.7. The Balaban J connectivity index is 1.03. The van der Waals surface area contributed by atoms with Crippen LogP contribution in [0.25, 0.3) is 33.5 Å². The summed E-state index contributed by atoms with van der Waals surface area (Å²) >= 11 is 16.5. The van der Waals surface area contributed by atoms with Gasteiger partial charge < -0.3 is 84.2 Å². The van der Waals surface area contributed by atoms with Gasteiger partial charge in [0.25, 0.3) is 0 Å². The molecule has 6 aromatic heterocycles. The molecule has 0 aliphatic carbocycles. The van der Waals surface area contributed by atoms with Gasteiger partial charge in [-0.25, -0.2) is 44.9 Å². The summed E-state index contributed by atoms with van der Waals surface area (Å²) in [7, 11) is 2.82. The summed E-state index contributed by atoms with van der Waals surface area (Å²) in [6.45, 7) is -6.18. The van der Waals surface area contributed by atoms with Gasteiger partial charge in [-0.05, 0) is 54.7 Å². The number of nitrogens with zero attached hydrogens (tertiary/aromatic N) is 12. The fourth-order valence-corrected chi connectivity index (χ4v) is 15.2. The molecule has 9 heterocycles. The van der Waals surface area contributed by atoms with Crippen LogP contribution in [-0.4, -0.2) is 177 Å². The van der Waals surface area contributed by atoms with E-state index in [4.69, 9.17) is 98.9 Å².